The molecule has 0 N–H and O–H groups in total. The molecule has 1 aliphatic heterocycles. The molecule has 2 aromatic carbocycles. The Morgan fingerprint density at radius 2 is 2.00 bits per heavy atom. The number of para-hydroxylation sites is 1. The number of rotatable bonds is 4. The summed E-state index contributed by atoms with van der Waals surface area (Å²) in [5, 5.41) is 2.66. The van der Waals surface area contributed by atoms with Gasteiger partial charge in [-0.15, -0.1) is 11.3 Å². The molecule has 0 aliphatic carbocycles. The minimum atomic E-state index is -0.656. The summed E-state index contributed by atoms with van der Waals surface area (Å²) in [5.41, 5.74) is 1.60. The van der Waals surface area contributed by atoms with Gasteiger partial charge in [0.15, 0.2) is 17.1 Å². The molecule has 7 heteroatoms. The highest BCUT2D eigenvalue weighted by Gasteiger charge is 2.30. The van der Waals surface area contributed by atoms with Crippen molar-refractivity contribution in [2.24, 2.45) is 0 Å². The van der Waals surface area contributed by atoms with Crippen LogP contribution in [0.15, 0.2) is 64.1 Å². The Morgan fingerprint density at radius 1 is 1.13 bits per heavy atom. The molecule has 0 bridgehead atoms. The number of furan rings is 1. The van der Waals surface area contributed by atoms with Gasteiger partial charge in [-0.3, -0.25) is 4.79 Å². The van der Waals surface area contributed by atoms with Crippen molar-refractivity contribution < 1.29 is 28.2 Å². The Kier molecular flexibility index (Phi) is 4.60. The first kappa shape index (κ1) is 19.1. The minimum Gasteiger partial charge on any atom is -0.493 e. The van der Waals surface area contributed by atoms with Crippen LogP contribution in [-0.4, -0.2) is 18.9 Å². The summed E-state index contributed by atoms with van der Waals surface area (Å²) in [5.74, 6) is 0.600. The van der Waals surface area contributed by atoms with E-state index in [0.717, 1.165) is 10.3 Å². The first-order chi connectivity index (χ1) is 15.0. The summed E-state index contributed by atoms with van der Waals surface area (Å²) >= 11 is 1.51. The Hall–Kier alpha value is -3.84. The summed E-state index contributed by atoms with van der Waals surface area (Å²) in [6.45, 7) is 1.78. The fourth-order valence-corrected chi connectivity index (χ4v) is 4.14. The van der Waals surface area contributed by atoms with Crippen molar-refractivity contribution in [1.82, 2.24) is 0 Å². The van der Waals surface area contributed by atoms with Gasteiger partial charge >= 0.3 is 5.97 Å². The van der Waals surface area contributed by atoms with Gasteiger partial charge in [0, 0.05) is 22.4 Å². The number of ether oxygens (including phenoxy) is 3. The zero-order valence-electron chi connectivity index (χ0n) is 16.6. The van der Waals surface area contributed by atoms with Gasteiger partial charge in [-0.05, 0) is 42.1 Å². The Bertz CT molecular complexity index is 1360. The molecule has 0 spiro atoms. The number of ketones is 1. The molecule has 0 atom stereocenters. The SMILES string of the molecule is COc1cccc2cc(C(=O)Oc3cc(C)c4c(c3)O/C(=C\c3cccs3)C4=O)oc12. The topological polar surface area (TPSA) is 75.0 Å². The van der Waals surface area contributed by atoms with E-state index in [2.05, 4.69) is 0 Å². The lowest BCUT2D eigenvalue weighted by Gasteiger charge is -2.06. The average Bonchev–Trinajstić information content (AvgIpc) is 3.47. The van der Waals surface area contributed by atoms with Crippen LogP contribution in [0.25, 0.3) is 17.0 Å². The number of allylic oxidation sites excluding steroid dienone is 1. The molecule has 154 valence electrons. The van der Waals surface area contributed by atoms with Crippen molar-refractivity contribution in [1.29, 1.82) is 0 Å². The number of carbonyl (C=O) groups is 2. The van der Waals surface area contributed by atoms with Gasteiger partial charge in [0.2, 0.25) is 11.5 Å². The van der Waals surface area contributed by atoms with E-state index in [-0.39, 0.29) is 23.1 Å². The summed E-state index contributed by atoms with van der Waals surface area (Å²) in [7, 11) is 1.53. The van der Waals surface area contributed by atoms with Gasteiger partial charge in [-0.1, -0.05) is 18.2 Å². The number of fused-ring (bicyclic) bond motifs is 2. The Labute approximate surface area is 181 Å². The lowest BCUT2D eigenvalue weighted by molar-refractivity contribution is 0.0703. The molecule has 0 unspecified atom stereocenters. The van der Waals surface area contributed by atoms with Crippen molar-refractivity contribution in [3.63, 3.8) is 0 Å². The average molecular weight is 432 g/mol. The largest absolute Gasteiger partial charge is 0.493 e. The first-order valence-corrected chi connectivity index (χ1v) is 10.3. The van der Waals surface area contributed by atoms with E-state index in [4.69, 9.17) is 18.6 Å². The van der Waals surface area contributed by atoms with Gasteiger partial charge in [0.05, 0.1) is 12.7 Å². The Morgan fingerprint density at radius 3 is 2.77 bits per heavy atom. The van der Waals surface area contributed by atoms with Crippen LogP contribution in [0.3, 0.4) is 0 Å². The summed E-state index contributed by atoms with van der Waals surface area (Å²) in [6, 6.07) is 14.0. The molecule has 0 saturated carbocycles. The molecule has 0 fully saturated rings. The number of methoxy groups -OCH3 is 1. The van der Waals surface area contributed by atoms with Crippen LogP contribution >= 0.6 is 11.3 Å². The molecule has 5 rings (SSSR count). The maximum Gasteiger partial charge on any atom is 0.379 e. The van der Waals surface area contributed by atoms with E-state index in [9.17, 15) is 9.59 Å². The predicted octanol–water partition coefficient (Wildman–Crippen LogP) is 5.65. The molecule has 31 heavy (non-hydrogen) atoms. The summed E-state index contributed by atoms with van der Waals surface area (Å²) in [4.78, 5) is 26.3. The second-order valence-corrected chi connectivity index (χ2v) is 7.93. The highest BCUT2D eigenvalue weighted by Crippen LogP contribution is 2.38. The second-order valence-electron chi connectivity index (χ2n) is 6.95. The third-order valence-corrected chi connectivity index (χ3v) is 5.72. The van der Waals surface area contributed by atoms with Crippen LogP contribution in [0.1, 0.15) is 31.4 Å². The summed E-state index contributed by atoms with van der Waals surface area (Å²) in [6.07, 6.45) is 1.71. The van der Waals surface area contributed by atoms with E-state index in [1.165, 1.54) is 24.5 Å². The molecule has 4 aromatic rings. The molecule has 1 aliphatic rings. The van der Waals surface area contributed by atoms with Crippen molar-refractivity contribution in [3.05, 3.63) is 81.4 Å². The van der Waals surface area contributed by atoms with Crippen molar-refractivity contribution in [2.45, 2.75) is 6.92 Å². The van der Waals surface area contributed by atoms with Crippen LogP contribution in [-0.2, 0) is 0 Å². The fraction of sp³-hybridized carbons (Fsp3) is 0.0833. The number of aryl methyl sites for hydroxylation is 1. The maximum absolute atomic E-state index is 12.7. The third-order valence-electron chi connectivity index (χ3n) is 4.90. The number of benzene rings is 2. The zero-order chi connectivity index (χ0) is 21.5. The molecule has 2 aromatic heterocycles. The van der Waals surface area contributed by atoms with Gasteiger partial charge < -0.3 is 18.6 Å². The minimum absolute atomic E-state index is 0.0490. The second kappa shape index (κ2) is 7.45. The van der Waals surface area contributed by atoms with Crippen LogP contribution in [0, 0.1) is 6.92 Å². The number of thiophene rings is 1. The van der Waals surface area contributed by atoms with E-state index in [0.29, 0.717) is 28.2 Å². The van der Waals surface area contributed by atoms with E-state index < -0.39 is 5.97 Å². The zero-order valence-corrected chi connectivity index (χ0v) is 17.4. The number of hydrogen-bond donors (Lipinski definition) is 0. The van der Waals surface area contributed by atoms with E-state index >= 15 is 0 Å². The van der Waals surface area contributed by atoms with Gasteiger partial charge in [-0.25, -0.2) is 4.79 Å². The third kappa shape index (κ3) is 3.39. The monoisotopic (exact) mass is 432 g/mol. The quantitative estimate of drug-likeness (QED) is 0.236. The standard InChI is InChI=1S/C24H16O6S/c1-13-9-15(11-18-21(13)22(25)19(29-18)12-16-6-4-8-31-16)28-24(26)20-10-14-5-3-7-17(27-2)23(14)30-20/h3-12H,1-2H3/b19-12-. The fourth-order valence-electron chi connectivity index (χ4n) is 3.49. The first-order valence-electron chi connectivity index (χ1n) is 9.44. The van der Waals surface area contributed by atoms with Gasteiger partial charge in [0.25, 0.3) is 0 Å². The van der Waals surface area contributed by atoms with Crippen LogP contribution < -0.4 is 14.2 Å². The normalized spacial score (nSPS) is 14.0. The number of esters is 1. The predicted molar refractivity (Wildman–Crippen MR) is 116 cm³/mol. The molecule has 0 amide bonds. The molecular formula is C24H16O6S. The lowest BCUT2D eigenvalue weighted by atomic mass is 10.0. The Balaban J connectivity index is 1.43. The van der Waals surface area contributed by atoms with Gasteiger partial charge in [-0.2, -0.15) is 0 Å². The highest BCUT2D eigenvalue weighted by atomic mass is 32.1. The number of hydrogen-bond acceptors (Lipinski definition) is 7. The van der Waals surface area contributed by atoms with Crippen molar-refractivity contribution in [2.75, 3.05) is 7.11 Å². The maximum atomic E-state index is 12.7. The highest BCUT2D eigenvalue weighted by molar-refractivity contribution is 7.10. The van der Waals surface area contributed by atoms with E-state index in [1.54, 1.807) is 31.2 Å². The smallest absolute Gasteiger partial charge is 0.379 e. The van der Waals surface area contributed by atoms with Crippen LogP contribution in [0.2, 0.25) is 0 Å². The molecular weight excluding hydrogens is 416 g/mol. The molecule has 0 radical (unpaired) electrons. The van der Waals surface area contributed by atoms with E-state index in [1.807, 2.05) is 29.6 Å². The van der Waals surface area contributed by atoms with Crippen LogP contribution in [0.5, 0.6) is 17.2 Å². The number of Topliss-reactive ketones (excluding diaryl/α,β-unsaturated/α-hetero) is 1. The lowest BCUT2D eigenvalue weighted by Crippen LogP contribution is -2.07. The van der Waals surface area contributed by atoms with Crippen LogP contribution in [0.4, 0.5) is 0 Å². The molecule has 0 saturated heterocycles. The van der Waals surface area contributed by atoms with Gasteiger partial charge in [0.1, 0.15) is 11.5 Å². The summed E-state index contributed by atoms with van der Waals surface area (Å²) < 4.78 is 22.2. The van der Waals surface area contributed by atoms with Crippen molar-refractivity contribution >= 4 is 40.1 Å². The molecule has 3 heterocycles. The molecule has 6 nitrogen and oxygen atoms in total. The number of carbonyl (C=O) groups excluding carboxylic acids is 2. The van der Waals surface area contributed by atoms with Crippen molar-refractivity contribution in [3.8, 4) is 17.2 Å².